The molecule has 0 unspecified atom stereocenters. The molecule has 0 atom stereocenters. The molecule has 0 amide bonds. The number of hydrogen-bond acceptors (Lipinski definition) is 7. The average molecular weight is 716 g/mol. The predicted molar refractivity (Wildman–Crippen MR) is 209 cm³/mol. The van der Waals surface area contributed by atoms with Crippen LogP contribution in [0.15, 0.2) is 76.8 Å². The molecule has 274 valence electrons. The number of nitrogens with two attached hydrogens (primary N) is 1. The van der Waals surface area contributed by atoms with Gasteiger partial charge in [-0.15, -0.1) is 0 Å². The third kappa shape index (κ3) is 9.03. The minimum Gasteiger partial charge on any atom is -0.397 e. The number of nitrogen functional groups attached to an aromatic ring is 1. The van der Waals surface area contributed by atoms with Gasteiger partial charge in [-0.1, -0.05) is 51.1 Å². The fraction of sp³-hybridized carbons (Fsp3) is 0.372. The van der Waals surface area contributed by atoms with Gasteiger partial charge in [0.05, 0.1) is 28.7 Å². The number of Topliss-reactive ketones (excluding diaryl/α,β-unsaturated/α-hetero) is 1. The van der Waals surface area contributed by atoms with Gasteiger partial charge in [-0.3, -0.25) is 24.7 Å². The molecule has 3 heterocycles. The lowest BCUT2D eigenvalue weighted by Crippen LogP contribution is -2.36. The zero-order valence-corrected chi connectivity index (χ0v) is 31.1. The first-order chi connectivity index (χ1) is 25.3. The number of aryl methyl sites for hydroxylation is 1. The lowest BCUT2D eigenvalue weighted by atomic mass is 9.82. The van der Waals surface area contributed by atoms with E-state index in [1.54, 1.807) is 12.3 Å². The Morgan fingerprint density at radius 2 is 1.81 bits per heavy atom. The molecule has 1 aromatic heterocycles. The van der Waals surface area contributed by atoms with Crippen molar-refractivity contribution in [1.82, 2.24) is 9.88 Å². The van der Waals surface area contributed by atoms with Crippen molar-refractivity contribution < 1.29 is 13.6 Å². The van der Waals surface area contributed by atoms with Crippen molar-refractivity contribution in [1.29, 1.82) is 5.26 Å². The minimum absolute atomic E-state index is 0.00562. The molecule has 2 aliphatic heterocycles. The highest BCUT2D eigenvalue weighted by Crippen LogP contribution is 2.36. The van der Waals surface area contributed by atoms with E-state index in [2.05, 4.69) is 66.1 Å². The minimum atomic E-state index is -2.62. The largest absolute Gasteiger partial charge is 0.397 e. The summed E-state index contributed by atoms with van der Waals surface area (Å²) in [7, 11) is 0. The van der Waals surface area contributed by atoms with Crippen molar-refractivity contribution >= 4 is 34.4 Å². The van der Waals surface area contributed by atoms with Crippen LogP contribution in [-0.4, -0.2) is 53.3 Å². The van der Waals surface area contributed by atoms with Crippen LogP contribution in [0, 0.1) is 36.5 Å². The zero-order valence-electron chi connectivity index (χ0n) is 31.1. The van der Waals surface area contributed by atoms with Crippen LogP contribution in [0.25, 0.3) is 11.1 Å². The van der Waals surface area contributed by atoms with Crippen LogP contribution in [-0.2, 0) is 17.8 Å². The SMILES string of the molecule is Cc1cnc(C(=NCC(F)F)Nc2cccc(-c3cccc(C4=Nc5cc(CN6CCC(C(=O)CC(C)(C)C)CC6)cc(C#N)c5C4)c3C)c2)c(N)c1. The maximum atomic E-state index is 13.2. The quantitative estimate of drug-likeness (QED) is 0.125. The first-order valence-electron chi connectivity index (χ1n) is 18.2. The summed E-state index contributed by atoms with van der Waals surface area (Å²) in [5.41, 5.74) is 16.7. The smallest absolute Gasteiger partial charge is 0.257 e. The Morgan fingerprint density at radius 3 is 2.51 bits per heavy atom. The average Bonchev–Trinajstić information content (AvgIpc) is 3.53. The molecule has 0 spiro atoms. The monoisotopic (exact) mass is 715 g/mol. The number of benzene rings is 3. The van der Waals surface area contributed by atoms with Crippen LogP contribution in [0.5, 0.6) is 0 Å². The molecular weight excluding hydrogens is 669 g/mol. The van der Waals surface area contributed by atoms with Gasteiger partial charge >= 0.3 is 0 Å². The van der Waals surface area contributed by atoms with Crippen LogP contribution >= 0.6 is 0 Å². The van der Waals surface area contributed by atoms with Crippen LogP contribution in [0.1, 0.15) is 79.1 Å². The Morgan fingerprint density at radius 1 is 1.08 bits per heavy atom. The number of fused-ring (bicyclic) bond motifs is 1. The van der Waals surface area contributed by atoms with Gasteiger partial charge in [-0.25, -0.2) is 8.78 Å². The predicted octanol–water partition coefficient (Wildman–Crippen LogP) is 8.84. The summed E-state index contributed by atoms with van der Waals surface area (Å²) in [5, 5.41) is 13.3. The Balaban J connectivity index is 1.21. The van der Waals surface area contributed by atoms with Gasteiger partial charge in [-0.05, 0) is 109 Å². The van der Waals surface area contributed by atoms with E-state index >= 15 is 0 Å². The third-order valence-corrected chi connectivity index (χ3v) is 9.91. The van der Waals surface area contributed by atoms with Crippen molar-refractivity contribution in [3.63, 3.8) is 0 Å². The summed E-state index contributed by atoms with van der Waals surface area (Å²) < 4.78 is 26.4. The van der Waals surface area contributed by atoms with Crippen molar-refractivity contribution in [2.75, 3.05) is 30.7 Å². The number of carbonyl (C=O) groups excluding carboxylic acids is 1. The third-order valence-electron chi connectivity index (χ3n) is 9.91. The molecule has 0 saturated carbocycles. The van der Waals surface area contributed by atoms with Gasteiger partial charge in [0, 0.05) is 42.8 Å². The maximum absolute atomic E-state index is 13.2. The molecule has 0 aliphatic carbocycles. The van der Waals surface area contributed by atoms with Gasteiger partial charge < -0.3 is 11.1 Å². The number of piperidine rings is 1. The second-order valence-corrected chi connectivity index (χ2v) is 15.5. The standard InChI is InChI=1S/C43H47F2N7O/c1-26-16-36(47)41(48-23-26)42(49-24-40(44)45)50-32-9-6-8-30(19-32)33-10-7-11-34(27(33)2)38-20-35-31(22-46)17-28(18-37(35)51-38)25-52-14-12-29(13-15-52)39(53)21-43(3,4)5/h6-11,16-19,23,29,40H,12-15,20-21,24-25,47H2,1-5H3,(H,49,50). The van der Waals surface area contributed by atoms with Gasteiger partial charge in [-0.2, -0.15) is 5.26 Å². The van der Waals surface area contributed by atoms with E-state index in [1.807, 2.05) is 49.4 Å². The number of likely N-dealkylation sites (tertiary alicyclic amines) is 1. The summed E-state index contributed by atoms with van der Waals surface area (Å²) in [6, 6.07) is 22.1. The Labute approximate surface area is 310 Å². The number of nitrogens with zero attached hydrogens (tertiary/aromatic N) is 5. The number of rotatable bonds is 10. The number of hydrogen-bond donors (Lipinski definition) is 2. The van der Waals surface area contributed by atoms with Crippen LogP contribution in [0.4, 0.5) is 25.8 Å². The van der Waals surface area contributed by atoms with Crippen molar-refractivity contribution in [3.8, 4) is 17.2 Å². The lowest BCUT2D eigenvalue weighted by Gasteiger charge is -2.32. The normalized spacial score (nSPS) is 15.3. The number of aromatic nitrogens is 1. The van der Waals surface area contributed by atoms with E-state index in [0.29, 0.717) is 47.8 Å². The number of nitrogens with one attached hydrogen (secondary N) is 1. The Kier molecular flexibility index (Phi) is 11.2. The molecule has 0 bridgehead atoms. The number of anilines is 2. The summed E-state index contributed by atoms with van der Waals surface area (Å²) >= 11 is 0. The Bertz CT molecular complexity index is 2120. The summed E-state index contributed by atoms with van der Waals surface area (Å²) in [6.45, 7) is 12.0. The van der Waals surface area contributed by atoms with Crippen molar-refractivity contribution in [3.05, 3.63) is 106 Å². The van der Waals surface area contributed by atoms with Crippen molar-refractivity contribution in [2.45, 2.75) is 73.3 Å². The molecule has 0 radical (unpaired) electrons. The first kappa shape index (κ1) is 37.5. The number of halogens is 2. The summed E-state index contributed by atoms with van der Waals surface area (Å²) in [5.74, 6) is 0.677. The number of amidine groups is 1. The second kappa shape index (κ2) is 15.8. The van der Waals surface area contributed by atoms with Crippen LogP contribution in [0.3, 0.4) is 0 Å². The molecule has 4 aromatic rings. The number of aliphatic imine (C=N–C) groups is 2. The van der Waals surface area contributed by atoms with E-state index in [0.717, 1.165) is 76.3 Å². The zero-order chi connectivity index (χ0) is 37.9. The number of carbonyl (C=O) groups is 1. The van der Waals surface area contributed by atoms with E-state index in [1.165, 1.54) is 0 Å². The van der Waals surface area contributed by atoms with Gasteiger partial charge in [0.25, 0.3) is 6.43 Å². The molecule has 53 heavy (non-hydrogen) atoms. The summed E-state index contributed by atoms with van der Waals surface area (Å²) in [4.78, 5) is 28.8. The molecule has 1 fully saturated rings. The van der Waals surface area contributed by atoms with Gasteiger partial charge in [0.2, 0.25) is 0 Å². The fourth-order valence-electron chi connectivity index (χ4n) is 7.32. The molecule has 6 rings (SSSR count). The van der Waals surface area contributed by atoms with Gasteiger partial charge in [0.15, 0.2) is 5.84 Å². The first-order valence-corrected chi connectivity index (χ1v) is 18.2. The molecule has 3 aromatic carbocycles. The lowest BCUT2D eigenvalue weighted by molar-refractivity contribution is -0.126. The highest BCUT2D eigenvalue weighted by molar-refractivity contribution is 6.11. The topological polar surface area (TPSA) is 120 Å². The van der Waals surface area contributed by atoms with Crippen molar-refractivity contribution in [2.24, 2.45) is 21.3 Å². The van der Waals surface area contributed by atoms with Crippen LogP contribution in [0.2, 0.25) is 0 Å². The van der Waals surface area contributed by atoms with Crippen LogP contribution < -0.4 is 11.1 Å². The van der Waals surface area contributed by atoms with E-state index in [-0.39, 0.29) is 17.2 Å². The van der Waals surface area contributed by atoms with Gasteiger partial charge in [0.1, 0.15) is 18.0 Å². The number of ketones is 1. The molecular formula is C43H47F2N7O. The molecule has 10 heteroatoms. The number of nitriles is 1. The molecule has 8 nitrogen and oxygen atoms in total. The van der Waals surface area contributed by atoms with E-state index < -0.39 is 13.0 Å². The molecule has 3 N–H and O–H groups in total. The highest BCUT2D eigenvalue weighted by atomic mass is 19.3. The Hall–Kier alpha value is -5.27. The number of pyridine rings is 1. The highest BCUT2D eigenvalue weighted by Gasteiger charge is 2.29. The molecule has 1 saturated heterocycles. The number of alkyl halides is 2. The maximum Gasteiger partial charge on any atom is 0.257 e. The fourth-order valence-corrected chi connectivity index (χ4v) is 7.32. The second-order valence-electron chi connectivity index (χ2n) is 15.5. The van der Waals surface area contributed by atoms with E-state index in [9.17, 15) is 18.8 Å². The van der Waals surface area contributed by atoms with E-state index in [4.69, 9.17) is 10.7 Å². The molecule has 2 aliphatic rings. The summed E-state index contributed by atoms with van der Waals surface area (Å²) in [6.07, 6.45) is 1.92.